The number of rotatable bonds is 7. The molecule has 1 aromatic carbocycles. The number of hydrogen-bond donors (Lipinski definition) is 2. The molecule has 0 spiro atoms. The highest BCUT2D eigenvalue weighted by molar-refractivity contribution is 14.2. The second-order valence-corrected chi connectivity index (χ2v) is 9.21. The third-order valence-corrected chi connectivity index (χ3v) is 6.67. The van der Waals surface area contributed by atoms with Gasteiger partial charge in [-0.3, -0.25) is 0 Å². The number of aromatic nitrogens is 1. The van der Waals surface area contributed by atoms with Crippen molar-refractivity contribution in [3.8, 4) is 11.3 Å². The van der Waals surface area contributed by atoms with E-state index in [1.54, 1.807) is 6.07 Å². The van der Waals surface area contributed by atoms with Crippen molar-refractivity contribution >= 4 is 30.4 Å². The fourth-order valence-corrected chi connectivity index (χ4v) is 4.35. The lowest BCUT2D eigenvalue weighted by Crippen LogP contribution is -2.57. The van der Waals surface area contributed by atoms with Crippen LogP contribution in [0.15, 0.2) is 18.2 Å². The average Bonchev–Trinajstić information content (AvgIpc) is 3.49. The zero-order valence-corrected chi connectivity index (χ0v) is 18.6. The predicted octanol–water partition coefficient (Wildman–Crippen LogP) is 4.77. The molecule has 0 radical (unpaired) electrons. The Kier molecular flexibility index (Phi) is 6.14. The van der Waals surface area contributed by atoms with Crippen LogP contribution in [0.1, 0.15) is 35.6 Å². The minimum atomic E-state index is -1.38. The van der Waals surface area contributed by atoms with Crippen molar-refractivity contribution in [1.82, 2.24) is 10.3 Å². The van der Waals surface area contributed by atoms with Crippen LogP contribution in [0.25, 0.3) is 11.3 Å². The van der Waals surface area contributed by atoms with Crippen LogP contribution in [-0.4, -0.2) is 29.8 Å². The molecule has 2 heterocycles. The van der Waals surface area contributed by atoms with E-state index in [1.165, 1.54) is 22.2 Å². The largest absolute Gasteiger partial charge is 0.382 e. The molecule has 1 aromatic heterocycles. The average molecular weight is 536 g/mol. The van der Waals surface area contributed by atoms with Crippen molar-refractivity contribution in [2.24, 2.45) is 5.92 Å². The van der Waals surface area contributed by atoms with Gasteiger partial charge in [-0.05, 0) is 43.4 Å². The van der Waals surface area contributed by atoms with Crippen molar-refractivity contribution in [2.75, 3.05) is 19.7 Å². The third kappa shape index (κ3) is 4.16. The van der Waals surface area contributed by atoms with E-state index in [2.05, 4.69) is 10.3 Å². The van der Waals surface area contributed by atoms with Gasteiger partial charge in [0.05, 0.1) is 15.8 Å². The van der Waals surface area contributed by atoms with Crippen LogP contribution in [-0.2, 0) is 9.78 Å². The van der Waals surface area contributed by atoms with Gasteiger partial charge in [-0.15, -0.1) is 0 Å². The Labute approximate surface area is 183 Å². The molecule has 9 heteroatoms. The van der Waals surface area contributed by atoms with Crippen LogP contribution in [0.4, 0.5) is 13.2 Å². The second-order valence-electron chi connectivity index (χ2n) is 7.77. The Balaban J connectivity index is 1.88. The van der Waals surface area contributed by atoms with Crippen molar-refractivity contribution in [3.63, 3.8) is 0 Å². The van der Waals surface area contributed by atoms with Crippen molar-refractivity contribution < 1.29 is 22.5 Å². The maximum atomic E-state index is 15.5. The van der Waals surface area contributed by atoms with Gasteiger partial charge in [0.15, 0.2) is 5.82 Å². The molecule has 1 aliphatic carbocycles. The van der Waals surface area contributed by atoms with Crippen LogP contribution in [0.2, 0.25) is 0 Å². The number of nitrogens with zero attached hydrogens (tertiary/aromatic N) is 1. The number of β-amino-alcohol motifs (C(OH)–C–C–N with tert-alkyl or cyclic N) is 1. The fraction of sp³-hybridized carbons (Fsp3) is 0.450. The fourth-order valence-electron chi connectivity index (χ4n) is 3.71. The van der Waals surface area contributed by atoms with E-state index in [-0.39, 0.29) is 41.4 Å². The van der Waals surface area contributed by atoms with E-state index in [1.807, 2.05) is 21.2 Å². The van der Waals surface area contributed by atoms with Crippen LogP contribution < -0.4 is 5.32 Å². The zero-order chi connectivity index (χ0) is 20.8. The SMILES string of the molecule is Cc1cc(-c2nc(C(COSI)C3CC3)cc(C3(O)CNC3)c2F)c(F)cc1F. The van der Waals surface area contributed by atoms with E-state index in [9.17, 15) is 13.9 Å². The quantitative estimate of drug-likeness (QED) is 0.395. The molecule has 2 fully saturated rings. The number of aryl methyl sites for hydroxylation is 1. The van der Waals surface area contributed by atoms with Crippen molar-refractivity contribution in [1.29, 1.82) is 0 Å². The smallest absolute Gasteiger partial charge is 0.155 e. The van der Waals surface area contributed by atoms with E-state index in [4.69, 9.17) is 4.18 Å². The second kappa shape index (κ2) is 8.33. The monoisotopic (exact) mass is 536 g/mol. The molecule has 2 aromatic rings. The van der Waals surface area contributed by atoms with Gasteiger partial charge in [-0.2, -0.15) is 0 Å². The number of benzene rings is 1. The Morgan fingerprint density at radius 2 is 2.00 bits per heavy atom. The lowest BCUT2D eigenvalue weighted by atomic mass is 9.85. The van der Waals surface area contributed by atoms with Gasteiger partial charge < -0.3 is 14.6 Å². The van der Waals surface area contributed by atoms with Gasteiger partial charge in [0.1, 0.15) is 22.9 Å². The maximum Gasteiger partial charge on any atom is 0.155 e. The number of pyridine rings is 1. The van der Waals surface area contributed by atoms with Crippen LogP contribution >= 0.6 is 30.4 Å². The van der Waals surface area contributed by atoms with Crippen LogP contribution in [0, 0.1) is 30.3 Å². The van der Waals surface area contributed by atoms with E-state index in [0.717, 1.165) is 18.9 Å². The van der Waals surface area contributed by atoms with Gasteiger partial charge in [0.2, 0.25) is 0 Å². The van der Waals surface area contributed by atoms with Crippen molar-refractivity contribution in [2.45, 2.75) is 31.3 Å². The minimum absolute atomic E-state index is 0.0865. The molecular formula is C20H20F3IN2O2S. The van der Waals surface area contributed by atoms with E-state index >= 15 is 4.39 Å². The molecule has 4 nitrogen and oxygen atoms in total. The molecule has 1 saturated heterocycles. The van der Waals surface area contributed by atoms with Crippen LogP contribution in [0.3, 0.4) is 0 Å². The molecular weight excluding hydrogens is 516 g/mol. The van der Waals surface area contributed by atoms with Gasteiger partial charge in [-0.1, -0.05) is 0 Å². The zero-order valence-electron chi connectivity index (χ0n) is 15.6. The minimum Gasteiger partial charge on any atom is -0.382 e. The summed E-state index contributed by atoms with van der Waals surface area (Å²) in [6.45, 7) is 2.28. The Bertz CT molecular complexity index is 938. The summed E-state index contributed by atoms with van der Waals surface area (Å²) < 4.78 is 49.3. The molecule has 1 unspecified atom stereocenters. The summed E-state index contributed by atoms with van der Waals surface area (Å²) in [4.78, 5) is 4.46. The summed E-state index contributed by atoms with van der Waals surface area (Å²) in [6, 6.07) is 3.58. The number of nitrogens with one attached hydrogen (secondary N) is 1. The highest BCUT2D eigenvalue weighted by Gasteiger charge is 2.42. The summed E-state index contributed by atoms with van der Waals surface area (Å²) in [6.07, 6.45) is 2.03. The summed E-state index contributed by atoms with van der Waals surface area (Å²) in [5.74, 6) is -2.10. The van der Waals surface area contributed by atoms with Crippen LogP contribution in [0.5, 0.6) is 0 Å². The first-order valence-corrected chi connectivity index (χ1v) is 12.6. The highest BCUT2D eigenvalue weighted by Crippen LogP contribution is 2.45. The normalized spacial score (nSPS) is 19.1. The number of halogens is 4. The summed E-state index contributed by atoms with van der Waals surface area (Å²) >= 11 is 2.03. The molecule has 1 aliphatic heterocycles. The first-order valence-electron chi connectivity index (χ1n) is 9.34. The summed E-state index contributed by atoms with van der Waals surface area (Å²) in [5.41, 5.74) is -0.849. The molecule has 29 heavy (non-hydrogen) atoms. The van der Waals surface area contributed by atoms with Gasteiger partial charge >= 0.3 is 0 Å². The molecule has 2 N–H and O–H groups in total. The molecule has 0 bridgehead atoms. The third-order valence-electron chi connectivity index (χ3n) is 5.68. The first kappa shape index (κ1) is 21.4. The highest BCUT2D eigenvalue weighted by atomic mass is 127. The lowest BCUT2D eigenvalue weighted by Gasteiger charge is -2.38. The number of aliphatic hydroxyl groups is 1. The lowest BCUT2D eigenvalue weighted by molar-refractivity contribution is -0.0178. The van der Waals surface area contributed by atoms with Crippen molar-refractivity contribution in [3.05, 3.63) is 52.5 Å². The van der Waals surface area contributed by atoms with E-state index in [0.29, 0.717) is 18.2 Å². The summed E-state index contributed by atoms with van der Waals surface area (Å²) in [5, 5.41) is 13.8. The van der Waals surface area contributed by atoms with E-state index < -0.39 is 23.1 Å². The molecule has 1 atom stereocenters. The summed E-state index contributed by atoms with van der Waals surface area (Å²) in [7, 11) is 1.21. The standard InChI is InChI=1S/C20H20F3IN2O2S/c1-10-4-12(16(22)6-15(10)21)19-18(23)14(20(27)8-25-9-20)5-17(26-19)13(7-28-29-24)11-2-3-11/h4-6,11,13,25,27H,2-3,7-9H2,1H3. The number of hydrogen-bond acceptors (Lipinski definition) is 5. The Morgan fingerprint density at radius 3 is 2.59 bits per heavy atom. The maximum absolute atomic E-state index is 15.5. The predicted molar refractivity (Wildman–Crippen MR) is 114 cm³/mol. The van der Waals surface area contributed by atoms with Gasteiger partial charge in [0.25, 0.3) is 0 Å². The molecule has 1 saturated carbocycles. The van der Waals surface area contributed by atoms with Gasteiger partial charge in [-0.25, -0.2) is 18.2 Å². The Morgan fingerprint density at radius 1 is 1.28 bits per heavy atom. The molecule has 156 valence electrons. The first-order chi connectivity index (χ1) is 13.8. The van der Waals surface area contributed by atoms with Gasteiger partial charge in [0, 0.05) is 63.1 Å². The molecule has 4 rings (SSSR count). The topological polar surface area (TPSA) is 54.4 Å². The molecule has 2 aliphatic rings. The molecule has 0 amide bonds. The Hall–Kier alpha value is -0.880.